The summed E-state index contributed by atoms with van der Waals surface area (Å²) < 4.78 is 20.1. The van der Waals surface area contributed by atoms with Crippen molar-refractivity contribution in [2.45, 2.75) is 44.7 Å². The van der Waals surface area contributed by atoms with Crippen molar-refractivity contribution in [2.24, 2.45) is 0 Å². The summed E-state index contributed by atoms with van der Waals surface area (Å²) in [6, 6.07) is 6.66. The molecule has 2 aliphatic heterocycles. The minimum atomic E-state index is -0.469. The molecular formula is C22H27ClFN3O2. The number of ether oxygens (including phenoxy) is 1. The summed E-state index contributed by atoms with van der Waals surface area (Å²) in [6.45, 7) is 5.19. The zero-order valence-corrected chi connectivity index (χ0v) is 17.8. The van der Waals surface area contributed by atoms with Crippen molar-refractivity contribution in [3.8, 4) is 16.9 Å². The van der Waals surface area contributed by atoms with Gasteiger partial charge in [0, 0.05) is 25.4 Å². The van der Waals surface area contributed by atoms with Gasteiger partial charge in [0.1, 0.15) is 17.1 Å². The van der Waals surface area contributed by atoms with Gasteiger partial charge in [0.05, 0.1) is 18.3 Å². The Morgan fingerprint density at radius 3 is 2.79 bits per heavy atom. The lowest BCUT2D eigenvalue weighted by molar-refractivity contribution is -0.131. The van der Waals surface area contributed by atoms with Crippen LogP contribution < -0.4 is 10.1 Å². The number of hydrogen-bond donors (Lipinski definition) is 1. The molecule has 2 aromatic rings. The van der Waals surface area contributed by atoms with Crippen LogP contribution in [0.4, 0.5) is 4.39 Å². The number of rotatable bonds is 4. The Morgan fingerprint density at radius 1 is 1.31 bits per heavy atom. The first kappa shape index (κ1) is 21.5. The highest BCUT2D eigenvalue weighted by molar-refractivity contribution is 5.88. The molecule has 1 aromatic carbocycles. The Balaban J connectivity index is 0.00000240. The lowest BCUT2D eigenvalue weighted by atomic mass is 9.95. The number of carbonyl (C=O) groups is 1. The summed E-state index contributed by atoms with van der Waals surface area (Å²) in [4.78, 5) is 19.0. The summed E-state index contributed by atoms with van der Waals surface area (Å²) in [6.07, 6.45) is 4.20. The Bertz CT molecular complexity index is 923. The van der Waals surface area contributed by atoms with Crippen LogP contribution in [0.1, 0.15) is 43.5 Å². The largest absolute Gasteiger partial charge is 0.494 e. The third-order valence-electron chi connectivity index (χ3n) is 6.05. The average Bonchev–Trinajstić information content (AvgIpc) is 3.24. The van der Waals surface area contributed by atoms with Gasteiger partial charge in [-0.25, -0.2) is 4.39 Å². The van der Waals surface area contributed by atoms with E-state index in [0.29, 0.717) is 17.9 Å². The third kappa shape index (κ3) is 3.71. The molecule has 0 bridgehead atoms. The Hall–Kier alpha value is -2.18. The molecule has 1 amide bonds. The topological polar surface area (TPSA) is 54.5 Å². The van der Waals surface area contributed by atoms with Gasteiger partial charge >= 0.3 is 0 Å². The fourth-order valence-corrected chi connectivity index (χ4v) is 4.53. The standard InChI is InChI=1S/C22H26FN3O2.ClH/c1-4-28-15-5-6-18(23)17(13-15)16-8-11-24-20(14(16)2)19-7-9-22(25-19)10-12-26(3)21(22)27;/h5-6,8,11,13,19,25H,4,7,9-10,12H2,1-3H3;1H/t19-,22-;/m0./s1. The molecule has 7 heteroatoms. The molecule has 0 unspecified atom stereocenters. The second kappa shape index (κ2) is 8.28. The van der Waals surface area contributed by atoms with Gasteiger partial charge in [-0.15, -0.1) is 12.4 Å². The molecule has 2 atom stereocenters. The van der Waals surface area contributed by atoms with Crippen molar-refractivity contribution in [3.05, 3.63) is 47.5 Å². The lowest BCUT2D eigenvalue weighted by Gasteiger charge is -2.24. The number of hydrogen-bond acceptors (Lipinski definition) is 4. The molecule has 156 valence electrons. The Labute approximate surface area is 177 Å². The molecule has 1 aromatic heterocycles. The number of aromatic nitrogens is 1. The summed E-state index contributed by atoms with van der Waals surface area (Å²) in [5.74, 6) is 0.528. The van der Waals surface area contributed by atoms with Crippen molar-refractivity contribution in [1.29, 1.82) is 0 Å². The minimum absolute atomic E-state index is 0. The van der Waals surface area contributed by atoms with Gasteiger partial charge in [-0.05, 0) is 68.5 Å². The van der Waals surface area contributed by atoms with E-state index >= 15 is 0 Å². The number of nitrogens with one attached hydrogen (secondary N) is 1. The van der Waals surface area contributed by atoms with E-state index in [9.17, 15) is 9.18 Å². The molecular weight excluding hydrogens is 393 g/mol. The molecule has 2 aliphatic rings. The number of halogens is 2. The molecule has 2 saturated heterocycles. The van der Waals surface area contributed by atoms with Crippen LogP contribution >= 0.6 is 12.4 Å². The van der Waals surface area contributed by atoms with E-state index in [1.807, 2.05) is 27.0 Å². The molecule has 0 aliphatic carbocycles. The highest BCUT2D eigenvalue weighted by atomic mass is 35.5. The van der Waals surface area contributed by atoms with Crippen LogP contribution in [0.5, 0.6) is 5.75 Å². The number of benzene rings is 1. The monoisotopic (exact) mass is 419 g/mol. The first-order chi connectivity index (χ1) is 13.4. The molecule has 4 rings (SSSR count). The van der Waals surface area contributed by atoms with E-state index in [4.69, 9.17) is 4.74 Å². The van der Waals surface area contributed by atoms with E-state index < -0.39 is 5.54 Å². The average molecular weight is 420 g/mol. The van der Waals surface area contributed by atoms with Crippen LogP contribution in [0.2, 0.25) is 0 Å². The van der Waals surface area contributed by atoms with Crippen molar-refractivity contribution in [2.75, 3.05) is 20.2 Å². The van der Waals surface area contributed by atoms with Crippen LogP contribution in [0, 0.1) is 12.7 Å². The number of likely N-dealkylation sites (N-methyl/N-ethyl adjacent to an activating group) is 1. The number of carbonyl (C=O) groups excluding carboxylic acids is 1. The van der Waals surface area contributed by atoms with E-state index in [-0.39, 0.29) is 30.2 Å². The predicted octanol–water partition coefficient (Wildman–Crippen LogP) is 4.04. The summed E-state index contributed by atoms with van der Waals surface area (Å²) in [5.41, 5.74) is 2.67. The van der Waals surface area contributed by atoms with Crippen molar-refractivity contribution in [3.63, 3.8) is 0 Å². The smallest absolute Gasteiger partial charge is 0.242 e. The van der Waals surface area contributed by atoms with Gasteiger partial charge in [-0.3, -0.25) is 15.1 Å². The first-order valence-corrected chi connectivity index (χ1v) is 9.86. The van der Waals surface area contributed by atoms with Crippen LogP contribution in [0.25, 0.3) is 11.1 Å². The molecule has 0 radical (unpaired) electrons. The van der Waals surface area contributed by atoms with Crippen molar-refractivity contribution < 1.29 is 13.9 Å². The molecule has 1 N–H and O–H groups in total. The summed E-state index contributed by atoms with van der Waals surface area (Å²) >= 11 is 0. The number of likely N-dealkylation sites (tertiary alicyclic amines) is 1. The quantitative estimate of drug-likeness (QED) is 0.812. The van der Waals surface area contributed by atoms with E-state index in [1.54, 1.807) is 23.2 Å². The maximum atomic E-state index is 14.6. The van der Waals surface area contributed by atoms with Gasteiger partial charge in [-0.2, -0.15) is 0 Å². The van der Waals surface area contributed by atoms with E-state index in [2.05, 4.69) is 10.3 Å². The Morgan fingerprint density at radius 2 is 2.10 bits per heavy atom. The summed E-state index contributed by atoms with van der Waals surface area (Å²) in [7, 11) is 1.85. The molecule has 2 fully saturated rings. The van der Waals surface area contributed by atoms with Gasteiger partial charge < -0.3 is 9.64 Å². The fourth-order valence-electron chi connectivity index (χ4n) is 4.53. The van der Waals surface area contributed by atoms with Crippen LogP contribution in [0.15, 0.2) is 30.5 Å². The van der Waals surface area contributed by atoms with Crippen LogP contribution in [-0.2, 0) is 4.79 Å². The third-order valence-corrected chi connectivity index (χ3v) is 6.05. The van der Waals surface area contributed by atoms with Gasteiger partial charge in [0.25, 0.3) is 0 Å². The fraction of sp³-hybridized carbons (Fsp3) is 0.455. The van der Waals surface area contributed by atoms with E-state index in [1.165, 1.54) is 6.07 Å². The van der Waals surface area contributed by atoms with Gasteiger partial charge in [0.15, 0.2) is 0 Å². The highest BCUT2D eigenvalue weighted by Crippen LogP contribution is 2.41. The zero-order chi connectivity index (χ0) is 19.9. The van der Waals surface area contributed by atoms with Gasteiger partial charge in [-0.1, -0.05) is 0 Å². The minimum Gasteiger partial charge on any atom is -0.494 e. The van der Waals surface area contributed by atoms with Crippen LogP contribution in [0.3, 0.4) is 0 Å². The van der Waals surface area contributed by atoms with Gasteiger partial charge in [0.2, 0.25) is 5.91 Å². The maximum Gasteiger partial charge on any atom is 0.242 e. The highest BCUT2D eigenvalue weighted by Gasteiger charge is 2.50. The second-order valence-electron chi connectivity index (χ2n) is 7.74. The Kier molecular flexibility index (Phi) is 6.15. The predicted molar refractivity (Wildman–Crippen MR) is 113 cm³/mol. The number of nitrogens with zero attached hydrogens (tertiary/aromatic N) is 2. The normalized spacial score (nSPS) is 23.5. The molecule has 5 nitrogen and oxygen atoms in total. The second-order valence-corrected chi connectivity index (χ2v) is 7.74. The van der Waals surface area contributed by atoms with Crippen molar-refractivity contribution >= 4 is 18.3 Å². The zero-order valence-electron chi connectivity index (χ0n) is 17.0. The molecule has 3 heterocycles. The molecule has 0 saturated carbocycles. The molecule has 1 spiro atoms. The van der Waals surface area contributed by atoms with Crippen molar-refractivity contribution in [1.82, 2.24) is 15.2 Å². The lowest BCUT2D eigenvalue weighted by Crippen LogP contribution is -2.47. The summed E-state index contributed by atoms with van der Waals surface area (Å²) in [5, 5.41) is 3.56. The maximum absolute atomic E-state index is 14.6. The number of pyridine rings is 1. The number of amides is 1. The molecule has 29 heavy (non-hydrogen) atoms. The first-order valence-electron chi connectivity index (χ1n) is 9.86. The van der Waals surface area contributed by atoms with Crippen LogP contribution in [-0.4, -0.2) is 41.5 Å². The SMILES string of the molecule is CCOc1ccc(F)c(-c2ccnc([C@@H]3CC[C@@]4(CCN(C)C4=O)N3)c2C)c1.Cl. The van der Waals surface area contributed by atoms with E-state index in [0.717, 1.165) is 42.6 Å².